The van der Waals surface area contributed by atoms with Crippen LogP contribution in [0.15, 0.2) is 58.4 Å². The summed E-state index contributed by atoms with van der Waals surface area (Å²) < 4.78 is 24.0. The fourth-order valence-electron chi connectivity index (χ4n) is 3.73. The molecule has 2 aliphatic rings. The van der Waals surface area contributed by atoms with Gasteiger partial charge in [0.1, 0.15) is 12.1 Å². The van der Waals surface area contributed by atoms with Crippen molar-refractivity contribution in [2.24, 2.45) is 4.99 Å². The van der Waals surface area contributed by atoms with E-state index in [-0.39, 0.29) is 0 Å². The van der Waals surface area contributed by atoms with E-state index in [1.54, 1.807) is 25.5 Å². The number of anilines is 1. The second kappa shape index (κ2) is 12.7. The number of aliphatic imine (C=N–C) groups is 1. The molecule has 2 aliphatic heterocycles. The summed E-state index contributed by atoms with van der Waals surface area (Å²) in [6.45, 7) is 10.7. The number of nitrogens with zero attached hydrogens (tertiary/aromatic N) is 4. The molecule has 0 saturated carbocycles. The number of fused-ring (bicyclic) bond motifs is 2. The van der Waals surface area contributed by atoms with Gasteiger partial charge in [-0.05, 0) is 25.5 Å². The van der Waals surface area contributed by atoms with Crippen LogP contribution in [-0.2, 0) is 4.74 Å². The molecule has 0 spiro atoms. The second-order valence-electron chi connectivity index (χ2n) is 8.04. The molecule has 0 amide bonds. The Hall–Kier alpha value is -3.21. The highest BCUT2D eigenvalue weighted by Gasteiger charge is 2.21. The molecule has 9 nitrogen and oxygen atoms in total. The summed E-state index contributed by atoms with van der Waals surface area (Å²) in [5.41, 5.74) is 2.06. The Balaban J connectivity index is 1.51. The number of halogens is 1. The van der Waals surface area contributed by atoms with Gasteiger partial charge in [-0.25, -0.2) is 9.98 Å². The largest absolute Gasteiger partial charge is 0.493 e. The average Bonchev–Trinajstić information content (AvgIpc) is 3.10. The molecule has 36 heavy (non-hydrogen) atoms. The zero-order chi connectivity index (χ0) is 25.3. The predicted octanol–water partition coefficient (Wildman–Crippen LogP) is 5.22. The maximum Gasteiger partial charge on any atom is 0.250 e. The van der Waals surface area contributed by atoms with Crippen molar-refractivity contribution < 1.29 is 18.9 Å². The summed E-state index contributed by atoms with van der Waals surface area (Å²) in [6, 6.07) is 3.67. The summed E-state index contributed by atoms with van der Waals surface area (Å²) >= 11 is 3.45. The third kappa shape index (κ3) is 6.51. The van der Waals surface area contributed by atoms with Crippen LogP contribution in [0.3, 0.4) is 0 Å². The molecule has 4 rings (SSSR count). The van der Waals surface area contributed by atoms with Crippen molar-refractivity contribution in [1.29, 1.82) is 0 Å². The van der Waals surface area contributed by atoms with Gasteiger partial charge in [-0.2, -0.15) is 4.98 Å². The number of rotatable bonds is 10. The first-order chi connectivity index (χ1) is 17.6. The monoisotopic (exact) mass is 555 g/mol. The fraction of sp³-hybridized carbons (Fsp3) is 0.346. The van der Waals surface area contributed by atoms with E-state index in [0.717, 1.165) is 55.0 Å². The fourth-order valence-corrected chi connectivity index (χ4v) is 3.98. The van der Waals surface area contributed by atoms with Crippen LogP contribution in [0.25, 0.3) is 0 Å². The minimum absolute atomic E-state index is 0.339. The SMILES string of the molecule is C=C/C(Br)=C\C(=C/C)Nc1ncnc2c1N=Cc1cc(OCCCN3CCOCC3)c(OC)cc1O2. The Labute approximate surface area is 219 Å². The van der Waals surface area contributed by atoms with Crippen molar-refractivity contribution in [3.63, 3.8) is 0 Å². The van der Waals surface area contributed by atoms with Gasteiger partial charge in [-0.15, -0.1) is 0 Å². The predicted molar refractivity (Wildman–Crippen MR) is 144 cm³/mol. The first-order valence-corrected chi connectivity index (χ1v) is 12.6. The lowest BCUT2D eigenvalue weighted by Gasteiger charge is -2.26. The summed E-state index contributed by atoms with van der Waals surface area (Å²) in [7, 11) is 1.61. The summed E-state index contributed by atoms with van der Waals surface area (Å²) in [4.78, 5) is 15.7. The summed E-state index contributed by atoms with van der Waals surface area (Å²) in [5.74, 6) is 2.65. The molecule has 1 fully saturated rings. The molecule has 2 aromatic rings. The topological polar surface area (TPSA) is 90.3 Å². The van der Waals surface area contributed by atoms with Crippen LogP contribution in [0.4, 0.5) is 11.5 Å². The van der Waals surface area contributed by atoms with Crippen molar-refractivity contribution in [2.45, 2.75) is 13.3 Å². The van der Waals surface area contributed by atoms with E-state index in [0.29, 0.717) is 41.2 Å². The highest BCUT2D eigenvalue weighted by Crippen LogP contribution is 2.42. The number of methoxy groups -OCH3 is 1. The smallest absolute Gasteiger partial charge is 0.250 e. The van der Waals surface area contributed by atoms with E-state index < -0.39 is 0 Å². The molecule has 1 N–H and O–H groups in total. The van der Waals surface area contributed by atoms with Crippen molar-refractivity contribution in [3.05, 3.63) is 59.0 Å². The van der Waals surface area contributed by atoms with E-state index >= 15 is 0 Å². The Bertz CT molecular complexity index is 1180. The number of ether oxygens (including phenoxy) is 4. The maximum absolute atomic E-state index is 6.13. The Morgan fingerprint density at radius 1 is 1.25 bits per heavy atom. The molecule has 10 heteroatoms. The molecule has 3 heterocycles. The summed E-state index contributed by atoms with van der Waals surface area (Å²) in [6.07, 6.45) is 9.59. The van der Waals surface area contributed by atoms with Crippen LogP contribution in [-0.4, -0.2) is 67.6 Å². The first-order valence-electron chi connectivity index (χ1n) is 11.8. The van der Waals surface area contributed by atoms with Crippen LogP contribution in [0.2, 0.25) is 0 Å². The van der Waals surface area contributed by atoms with Gasteiger partial charge in [-0.3, -0.25) is 4.90 Å². The van der Waals surface area contributed by atoms with Crippen molar-refractivity contribution in [2.75, 3.05) is 51.9 Å². The molecule has 0 unspecified atom stereocenters. The van der Waals surface area contributed by atoms with E-state index in [4.69, 9.17) is 18.9 Å². The lowest BCUT2D eigenvalue weighted by atomic mass is 10.2. The quantitative estimate of drug-likeness (QED) is 0.269. The number of morpholine rings is 1. The van der Waals surface area contributed by atoms with Crippen LogP contribution < -0.4 is 19.5 Å². The van der Waals surface area contributed by atoms with Crippen molar-refractivity contribution >= 4 is 33.6 Å². The van der Waals surface area contributed by atoms with Gasteiger partial charge in [0.2, 0.25) is 0 Å². The van der Waals surface area contributed by atoms with E-state index in [1.165, 1.54) is 6.33 Å². The Kier molecular flexibility index (Phi) is 9.10. The lowest BCUT2D eigenvalue weighted by Crippen LogP contribution is -2.37. The molecule has 1 aromatic heterocycles. The van der Waals surface area contributed by atoms with Gasteiger partial charge in [0, 0.05) is 47.7 Å². The number of hydrogen-bond acceptors (Lipinski definition) is 9. The summed E-state index contributed by atoms with van der Waals surface area (Å²) in [5, 5.41) is 3.27. The molecular weight excluding hydrogens is 526 g/mol. The molecule has 190 valence electrons. The molecule has 0 radical (unpaired) electrons. The minimum atomic E-state index is 0.339. The van der Waals surface area contributed by atoms with Gasteiger partial charge < -0.3 is 24.3 Å². The maximum atomic E-state index is 6.13. The number of allylic oxidation sites excluding steroid dienone is 4. The number of nitrogens with one attached hydrogen (secondary N) is 1. The Morgan fingerprint density at radius 2 is 2.08 bits per heavy atom. The molecule has 0 bridgehead atoms. The highest BCUT2D eigenvalue weighted by atomic mass is 79.9. The Morgan fingerprint density at radius 3 is 2.83 bits per heavy atom. The molecule has 0 atom stereocenters. The average molecular weight is 556 g/mol. The van der Waals surface area contributed by atoms with E-state index in [9.17, 15) is 0 Å². The molecule has 1 aromatic carbocycles. The van der Waals surface area contributed by atoms with Gasteiger partial charge in [-0.1, -0.05) is 34.7 Å². The van der Waals surface area contributed by atoms with Gasteiger partial charge in [0.25, 0.3) is 5.88 Å². The molecule has 1 saturated heterocycles. The standard InChI is InChI=1S/C26H30BrN5O4/c1-4-19(27)14-20(5-2)31-25-24-26(30-17-29-25)36-21-15-22(33-3)23(13-18(21)16-28-24)35-10-6-7-32-8-11-34-12-9-32/h4-5,13-17H,1,6-12H2,2-3H3,(H,29,30,31)/b19-14+,20-5+. The third-order valence-corrected chi connectivity index (χ3v) is 6.22. The number of benzene rings is 1. The van der Waals surface area contributed by atoms with Crippen LogP contribution in [0.1, 0.15) is 18.9 Å². The normalized spacial score (nSPS) is 15.9. The number of aromatic nitrogens is 2. The van der Waals surface area contributed by atoms with Crippen LogP contribution >= 0.6 is 15.9 Å². The highest BCUT2D eigenvalue weighted by molar-refractivity contribution is 9.11. The molecular formula is C26H30BrN5O4. The molecule has 0 aliphatic carbocycles. The van der Waals surface area contributed by atoms with Crippen molar-refractivity contribution in [3.8, 4) is 23.1 Å². The van der Waals surface area contributed by atoms with Gasteiger partial charge in [0.15, 0.2) is 23.0 Å². The minimum Gasteiger partial charge on any atom is -0.493 e. The zero-order valence-corrected chi connectivity index (χ0v) is 22.1. The van der Waals surface area contributed by atoms with E-state index in [2.05, 4.69) is 47.7 Å². The van der Waals surface area contributed by atoms with Gasteiger partial charge >= 0.3 is 0 Å². The zero-order valence-electron chi connectivity index (χ0n) is 20.5. The van der Waals surface area contributed by atoms with Gasteiger partial charge in [0.05, 0.1) is 26.9 Å². The first kappa shape index (κ1) is 25.9. The number of hydrogen-bond donors (Lipinski definition) is 1. The second-order valence-corrected chi connectivity index (χ2v) is 8.95. The van der Waals surface area contributed by atoms with Crippen LogP contribution in [0, 0.1) is 0 Å². The third-order valence-electron chi connectivity index (χ3n) is 5.67. The van der Waals surface area contributed by atoms with Crippen LogP contribution in [0.5, 0.6) is 23.1 Å². The van der Waals surface area contributed by atoms with E-state index in [1.807, 2.05) is 25.1 Å². The van der Waals surface area contributed by atoms with Crippen molar-refractivity contribution in [1.82, 2.24) is 14.9 Å². The lowest BCUT2D eigenvalue weighted by molar-refractivity contribution is 0.0357.